The molecule has 156 valence electrons. The molecule has 1 N–H and O–H groups in total. The number of rotatable bonds is 5. The Kier molecular flexibility index (Phi) is 5.81. The number of ether oxygens (including phenoxy) is 1. The predicted molar refractivity (Wildman–Crippen MR) is 108 cm³/mol. The van der Waals surface area contributed by atoms with Gasteiger partial charge in [0.1, 0.15) is 16.6 Å². The first kappa shape index (κ1) is 21.1. The predicted octanol–water partition coefficient (Wildman–Crippen LogP) is 2.22. The minimum atomic E-state index is -3.94. The lowest BCUT2D eigenvalue weighted by atomic mass is 10.1. The molecule has 1 aliphatic heterocycles. The Hall–Kier alpha value is -2.65. The smallest absolute Gasteiger partial charge is 0.354 e. The lowest BCUT2D eigenvalue weighted by Gasteiger charge is -2.23. The highest BCUT2D eigenvalue weighted by atomic mass is 32.2. The Morgan fingerprint density at radius 3 is 2.55 bits per heavy atom. The summed E-state index contributed by atoms with van der Waals surface area (Å²) in [5.74, 6) is -0.988. The Morgan fingerprint density at radius 2 is 1.90 bits per heavy atom. The highest BCUT2D eigenvalue weighted by Gasteiger charge is 2.40. The number of anilines is 1. The molecular formula is C20H25N3O5S. The second-order valence-corrected chi connectivity index (χ2v) is 9.12. The highest BCUT2D eigenvalue weighted by molar-refractivity contribution is 7.89. The van der Waals surface area contributed by atoms with Crippen LogP contribution in [0.25, 0.3) is 0 Å². The van der Waals surface area contributed by atoms with Crippen molar-refractivity contribution in [1.82, 2.24) is 8.87 Å². The van der Waals surface area contributed by atoms with Gasteiger partial charge in [-0.1, -0.05) is 6.07 Å². The summed E-state index contributed by atoms with van der Waals surface area (Å²) < 4.78 is 33.6. The average molecular weight is 420 g/mol. The standard InChI is InChI=1S/C20H25N3O5S/c1-13-7-8-15(10-14(13)2)21-19(24)17-6-5-9-23(17)29(26,27)16-11-18(20(25)28-4)22(3)12-16/h7-8,10-12,17H,5-6,9H2,1-4H3,(H,21,24)/t17-/m0/s1. The Bertz CT molecular complexity index is 1060. The third kappa shape index (κ3) is 4.06. The van der Waals surface area contributed by atoms with E-state index in [2.05, 4.69) is 10.1 Å². The minimum absolute atomic E-state index is 0.0359. The second-order valence-electron chi connectivity index (χ2n) is 7.23. The molecule has 1 aromatic heterocycles. The molecule has 1 aliphatic rings. The maximum absolute atomic E-state index is 13.2. The number of esters is 1. The van der Waals surface area contributed by atoms with Crippen molar-refractivity contribution in [3.05, 3.63) is 47.3 Å². The SMILES string of the molecule is COC(=O)c1cc(S(=O)(=O)N2CCC[C@H]2C(=O)Nc2ccc(C)c(C)c2)cn1C. The summed E-state index contributed by atoms with van der Waals surface area (Å²) in [6.45, 7) is 4.18. The summed E-state index contributed by atoms with van der Waals surface area (Å²) in [5, 5.41) is 2.83. The normalized spacial score (nSPS) is 17.3. The van der Waals surface area contributed by atoms with Crippen LogP contribution in [0.3, 0.4) is 0 Å². The molecule has 8 nitrogen and oxygen atoms in total. The van der Waals surface area contributed by atoms with Crippen LogP contribution in [0.2, 0.25) is 0 Å². The summed E-state index contributed by atoms with van der Waals surface area (Å²) in [5.41, 5.74) is 2.91. The number of hydrogen-bond donors (Lipinski definition) is 1. The number of nitrogens with zero attached hydrogens (tertiary/aromatic N) is 2. The molecule has 0 bridgehead atoms. The molecule has 0 unspecified atom stereocenters. The van der Waals surface area contributed by atoms with Gasteiger partial charge in [-0.25, -0.2) is 13.2 Å². The van der Waals surface area contributed by atoms with E-state index < -0.39 is 22.0 Å². The first-order valence-corrected chi connectivity index (χ1v) is 10.7. The van der Waals surface area contributed by atoms with Gasteiger partial charge in [0, 0.05) is 25.5 Å². The van der Waals surface area contributed by atoms with Gasteiger partial charge < -0.3 is 14.6 Å². The number of aromatic nitrogens is 1. The Balaban J connectivity index is 1.84. The van der Waals surface area contributed by atoms with Crippen molar-refractivity contribution in [3.63, 3.8) is 0 Å². The summed E-state index contributed by atoms with van der Waals surface area (Å²) in [4.78, 5) is 24.6. The van der Waals surface area contributed by atoms with Crippen LogP contribution in [-0.4, -0.2) is 48.9 Å². The average Bonchev–Trinajstić information content (AvgIpc) is 3.32. The molecule has 1 fully saturated rings. The van der Waals surface area contributed by atoms with E-state index in [1.807, 2.05) is 26.0 Å². The van der Waals surface area contributed by atoms with Gasteiger partial charge in [0.05, 0.1) is 7.11 Å². The zero-order valence-corrected chi connectivity index (χ0v) is 17.7. The first-order valence-electron chi connectivity index (χ1n) is 9.30. The van der Waals surface area contributed by atoms with Gasteiger partial charge in [-0.3, -0.25) is 4.79 Å². The molecule has 1 atom stereocenters. The molecule has 29 heavy (non-hydrogen) atoms. The number of carbonyl (C=O) groups is 2. The lowest BCUT2D eigenvalue weighted by molar-refractivity contribution is -0.119. The highest BCUT2D eigenvalue weighted by Crippen LogP contribution is 2.28. The summed E-state index contributed by atoms with van der Waals surface area (Å²) in [6.07, 6.45) is 2.38. The van der Waals surface area contributed by atoms with E-state index in [1.54, 1.807) is 13.1 Å². The van der Waals surface area contributed by atoms with Crippen molar-refractivity contribution in [2.24, 2.45) is 7.05 Å². The third-order valence-corrected chi connectivity index (χ3v) is 7.14. The van der Waals surface area contributed by atoms with Crippen molar-refractivity contribution >= 4 is 27.6 Å². The summed E-state index contributed by atoms with van der Waals surface area (Å²) in [6, 6.07) is 6.04. The van der Waals surface area contributed by atoms with Crippen LogP contribution < -0.4 is 5.32 Å². The number of carbonyl (C=O) groups excluding carboxylic acids is 2. The van der Waals surface area contributed by atoms with E-state index in [0.717, 1.165) is 11.1 Å². The maximum atomic E-state index is 13.2. The van der Waals surface area contributed by atoms with Gasteiger partial charge >= 0.3 is 5.97 Å². The number of benzene rings is 1. The molecular weight excluding hydrogens is 394 g/mol. The first-order chi connectivity index (χ1) is 13.6. The van der Waals surface area contributed by atoms with E-state index in [-0.39, 0.29) is 23.0 Å². The quantitative estimate of drug-likeness (QED) is 0.750. The number of sulfonamides is 1. The Morgan fingerprint density at radius 1 is 1.17 bits per heavy atom. The second kappa shape index (κ2) is 8.00. The van der Waals surface area contributed by atoms with Crippen LogP contribution in [0.15, 0.2) is 35.4 Å². The number of amides is 1. The van der Waals surface area contributed by atoms with E-state index in [1.165, 1.54) is 28.2 Å². The minimum Gasteiger partial charge on any atom is -0.464 e. The molecule has 1 saturated heterocycles. The summed E-state index contributed by atoms with van der Waals surface area (Å²) >= 11 is 0. The van der Waals surface area contributed by atoms with Gasteiger partial charge in [-0.2, -0.15) is 4.31 Å². The van der Waals surface area contributed by atoms with Gasteiger partial charge in [-0.05, 0) is 56.0 Å². The van der Waals surface area contributed by atoms with Crippen LogP contribution in [0.4, 0.5) is 5.69 Å². The van der Waals surface area contributed by atoms with Gasteiger partial charge in [-0.15, -0.1) is 0 Å². The maximum Gasteiger partial charge on any atom is 0.354 e. The lowest BCUT2D eigenvalue weighted by Crippen LogP contribution is -2.43. The van der Waals surface area contributed by atoms with Crippen molar-refractivity contribution in [3.8, 4) is 0 Å². The van der Waals surface area contributed by atoms with Crippen LogP contribution in [0.5, 0.6) is 0 Å². The van der Waals surface area contributed by atoms with Gasteiger partial charge in [0.15, 0.2) is 0 Å². The van der Waals surface area contributed by atoms with Crippen molar-refractivity contribution in [2.45, 2.75) is 37.6 Å². The van der Waals surface area contributed by atoms with Gasteiger partial charge in [0.2, 0.25) is 15.9 Å². The molecule has 0 spiro atoms. The van der Waals surface area contributed by atoms with E-state index in [4.69, 9.17) is 0 Å². The molecule has 9 heteroatoms. The van der Waals surface area contributed by atoms with Gasteiger partial charge in [0.25, 0.3) is 0 Å². The summed E-state index contributed by atoms with van der Waals surface area (Å²) in [7, 11) is -1.14. The largest absolute Gasteiger partial charge is 0.464 e. The topological polar surface area (TPSA) is 97.7 Å². The van der Waals surface area contributed by atoms with E-state index in [9.17, 15) is 18.0 Å². The Labute approximate surface area is 170 Å². The van der Waals surface area contributed by atoms with Crippen molar-refractivity contribution < 1.29 is 22.7 Å². The fraction of sp³-hybridized carbons (Fsp3) is 0.400. The monoisotopic (exact) mass is 419 g/mol. The number of nitrogens with one attached hydrogen (secondary N) is 1. The fourth-order valence-corrected chi connectivity index (χ4v) is 5.18. The fourth-order valence-electron chi connectivity index (χ4n) is 3.45. The van der Waals surface area contributed by atoms with E-state index in [0.29, 0.717) is 18.5 Å². The molecule has 2 heterocycles. The van der Waals surface area contributed by atoms with Crippen LogP contribution >= 0.6 is 0 Å². The number of methoxy groups -OCH3 is 1. The molecule has 2 aromatic rings. The van der Waals surface area contributed by atoms with Crippen molar-refractivity contribution in [2.75, 3.05) is 19.0 Å². The zero-order chi connectivity index (χ0) is 21.3. The van der Waals surface area contributed by atoms with E-state index >= 15 is 0 Å². The molecule has 0 aliphatic carbocycles. The third-order valence-electron chi connectivity index (χ3n) is 5.26. The number of hydrogen-bond acceptors (Lipinski definition) is 5. The zero-order valence-electron chi connectivity index (χ0n) is 16.9. The van der Waals surface area contributed by atoms with Crippen molar-refractivity contribution in [1.29, 1.82) is 0 Å². The molecule has 1 amide bonds. The number of aryl methyl sites for hydroxylation is 3. The molecule has 3 rings (SSSR count). The van der Waals surface area contributed by atoms with Crippen LogP contribution in [-0.2, 0) is 26.6 Å². The van der Waals surface area contributed by atoms with Crippen LogP contribution in [0, 0.1) is 13.8 Å². The molecule has 1 aromatic carbocycles. The molecule has 0 saturated carbocycles. The molecule has 0 radical (unpaired) electrons. The van der Waals surface area contributed by atoms with Crippen LogP contribution in [0.1, 0.15) is 34.5 Å².